The summed E-state index contributed by atoms with van der Waals surface area (Å²) in [6.45, 7) is 1.99. The molecule has 0 radical (unpaired) electrons. The van der Waals surface area contributed by atoms with E-state index in [1.807, 2.05) is 49.4 Å². The molecule has 21 heavy (non-hydrogen) atoms. The van der Waals surface area contributed by atoms with Gasteiger partial charge in [0, 0.05) is 5.56 Å². The second-order valence-electron chi connectivity index (χ2n) is 5.67. The van der Waals surface area contributed by atoms with Crippen molar-refractivity contribution >= 4 is 5.78 Å². The van der Waals surface area contributed by atoms with E-state index in [9.17, 15) is 10.1 Å². The molecule has 0 amide bonds. The maximum atomic E-state index is 12.6. The molecule has 0 aliphatic heterocycles. The van der Waals surface area contributed by atoms with Crippen LogP contribution >= 0.6 is 0 Å². The number of aryl methyl sites for hydroxylation is 3. The minimum atomic E-state index is -0.718. The topological polar surface area (TPSA) is 40.9 Å². The van der Waals surface area contributed by atoms with Crippen molar-refractivity contribution in [2.45, 2.75) is 32.1 Å². The fourth-order valence-corrected chi connectivity index (χ4v) is 2.94. The molecule has 0 heterocycles. The Morgan fingerprint density at radius 1 is 1.10 bits per heavy atom. The number of nitrogens with zero attached hydrogens (tertiary/aromatic N) is 1. The van der Waals surface area contributed by atoms with Gasteiger partial charge >= 0.3 is 0 Å². The molecular formula is C19H17NO. The number of carbonyl (C=O) groups excluding carboxylic acids is 1. The van der Waals surface area contributed by atoms with Gasteiger partial charge in [-0.2, -0.15) is 5.26 Å². The average Bonchev–Trinajstić information content (AvgIpc) is 2.97. The van der Waals surface area contributed by atoms with Crippen molar-refractivity contribution in [3.8, 4) is 6.07 Å². The lowest BCUT2D eigenvalue weighted by molar-refractivity contribution is 0.0979. The van der Waals surface area contributed by atoms with E-state index in [-0.39, 0.29) is 5.78 Å². The first-order chi connectivity index (χ1) is 10.2. The fraction of sp³-hybridized carbons (Fsp3) is 0.263. The molecule has 2 aromatic carbocycles. The second kappa shape index (κ2) is 5.54. The number of benzene rings is 2. The number of fused-ring (bicyclic) bond motifs is 1. The summed E-state index contributed by atoms with van der Waals surface area (Å²) in [6, 6.07) is 15.7. The van der Waals surface area contributed by atoms with Gasteiger partial charge in [0.1, 0.15) is 5.92 Å². The molecule has 0 spiro atoms. The van der Waals surface area contributed by atoms with E-state index in [1.165, 1.54) is 11.1 Å². The van der Waals surface area contributed by atoms with Gasteiger partial charge in [-0.25, -0.2) is 0 Å². The summed E-state index contributed by atoms with van der Waals surface area (Å²) in [5.41, 5.74) is 5.16. The molecule has 2 nitrogen and oxygen atoms in total. The van der Waals surface area contributed by atoms with E-state index in [1.54, 1.807) is 0 Å². The number of nitriles is 1. The lowest BCUT2D eigenvalue weighted by Crippen LogP contribution is -2.11. The van der Waals surface area contributed by atoms with Crippen LogP contribution in [0.4, 0.5) is 0 Å². The summed E-state index contributed by atoms with van der Waals surface area (Å²) in [4.78, 5) is 12.6. The second-order valence-corrected chi connectivity index (χ2v) is 5.67. The largest absolute Gasteiger partial charge is 0.292 e. The van der Waals surface area contributed by atoms with E-state index < -0.39 is 5.92 Å². The molecule has 1 unspecified atom stereocenters. The van der Waals surface area contributed by atoms with Gasteiger partial charge in [0.15, 0.2) is 5.78 Å². The first-order valence-electron chi connectivity index (χ1n) is 7.31. The molecule has 0 fully saturated rings. The highest BCUT2D eigenvalue weighted by molar-refractivity contribution is 6.03. The zero-order valence-corrected chi connectivity index (χ0v) is 12.1. The van der Waals surface area contributed by atoms with E-state index in [4.69, 9.17) is 0 Å². The minimum Gasteiger partial charge on any atom is -0.292 e. The Morgan fingerprint density at radius 3 is 2.52 bits per heavy atom. The van der Waals surface area contributed by atoms with Crippen LogP contribution in [0, 0.1) is 18.3 Å². The quantitative estimate of drug-likeness (QED) is 0.795. The molecule has 0 saturated heterocycles. The monoisotopic (exact) mass is 275 g/mol. The smallest absolute Gasteiger partial charge is 0.184 e. The van der Waals surface area contributed by atoms with Gasteiger partial charge in [-0.05, 0) is 48.9 Å². The van der Waals surface area contributed by atoms with Crippen LogP contribution in [0.5, 0.6) is 0 Å². The summed E-state index contributed by atoms with van der Waals surface area (Å²) >= 11 is 0. The number of Topliss-reactive ketones (excluding diaryl/α,β-unsaturated/α-hetero) is 1. The van der Waals surface area contributed by atoms with E-state index >= 15 is 0 Å². The van der Waals surface area contributed by atoms with Crippen LogP contribution in [0.2, 0.25) is 0 Å². The molecule has 0 aromatic heterocycles. The SMILES string of the molecule is Cc1ccc(C(C#N)C(=O)c2ccc3c(c2)CCC3)cc1. The molecule has 1 aliphatic carbocycles. The first kappa shape index (κ1) is 13.6. The van der Waals surface area contributed by atoms with Crippen molar-refractivity contribution in [1.29, 1.82) is 5.26 Å². The first-order valence-corrected chi connectivity index (χ1v) is 7.31. The molecule has 0 saturated carbocycles. The van der Waals surface area contributed by atoms with E-state index in [0.29, 0.717) is 5.56 Å². The lowest BCUT2D eigenvalue weighted by Gasteiger charge is -2.10. The Balaban J connectivity index is 1.92. The molecule has 104 valence electrons. The Morgan fingerprint density at radius 2 is 1.81 bits per heavy atom. The van der Waals surface area contributed by atoms with Crippen molar-refractivity contribution in [3.63, 3.8) is 0 Å². The lowest BCUT2D eigenvalue weighted by atomic mass is 9.90. The van der Waals surface area contributed by atoms with Crippen LogP contribution in [0.3, 0.4) is 0 Å². The van der Waals surface area contributed by atoms with Gasteiger partial charge < -0.3 is 0 Å². The van der Waals surface area contributed by atoms with Gasteiger partial charge in [0.05, 0.1) is 6.07 Å². The molecule has 0 N–H and O–H groups in total. The molecule has 1 atom stereocenters. The van der Waals surface area contributed by atoms with Crippen LogP contribution in [-0.2, 0) is 12.8 Å². The zero-order valence-electron chi connectivity index (χ0n) is 12.1. The summed E-state index contributed by atoms with van der Waals surface area (Å²) in [7, 11) is 0. The van der Waals surface area contributed by atoms with Gasteiger partial charge in [-0.15, -0.1) is 0 Å². The highest BCUT2D eigenvalue weighted by Gasteiger charge is 2.23. The summed E-state index contributed by atoms with van der Waals surface area (Å²) in [6.07, 6.45) is 3.30. The van der Waals surface area contributed by atoms with Gasteiger partial charge in [-0.3, -0.25) is 4.79 Å². The van der Waals surface area contributed by atoms with Crippen LogP contribution < -0.4 is 0 Å². The number of hydrogen-bond acceptors (Lipinski definition) is 2. The highest BCUT2D eigenvalue weighted by Crippen LogP contribution is 2.26. The molecule has 2 heteroatoms. The minimum absolute atomic E-state index is 0.101. The molecule has 0 bridgehead atoms. The molecule has 3 rings (SSSR count). The summed E-state index contributed by atoms with van der Waals surface area (Å²) < 4.78 is 0. The predicted molar refractivity (Wildman–Crippen MR) is 82.3 cm³/mol. The summed E-state index contributed by atoms with van der Waals surface area (Å²) in [5, 5.41) is 9.40. The van der Waals surface area contributed by atoms with Gasteiger partial charge in [-0.1, -0.05) is 42.0 Å². The number of carbonyl (C=O) groups is 1. The zero-order chi connectivity index (χ0) is 14.8. The summed E-state index contributed by atoms with van der Waals surface area (Å²) in [5.74, 6) is -0.818. The van der Waals surface area contributed by atoms with Crippen LogP contribution in [0.15, 0.2) is 42.5 Å². The van der Waals surface area contributed by atoms with Gasteiger partial charge in [0.25, 0.3) is 0 Å². The van der Waals surface area contributed by atoms with Crippen LogP contribution in [0.25, 0.3) is 0 Å². The molecular weight excluding hydrogens is 258 g/mol. The van der Waals surface area contributed by atoms with Gasteiger partial charge in [0.2, 0.25) is 0 Å². The maximum Gasteiger partial charge on any atom is 0.184 e. The van der Waals surface area contributed by atoms with Crippen molar-refractivity contribution < 1.29 is 4.79 Å². The highest BCUT2D eigenvalue weighted by atomic mass is 16.1. The Hall–Kier alpha value is -2.40. The van der Waals surface area contributed by atoms with E-state index in [0.717, 1.165) is 30.4 Å². The number of ketones is 1. The van der Waals surface area contributed by atoms with Crippen LogP contribution in [0.1, 0.15) is 45.0 Å². The Kier molecular flexibility index (Phi) is 3.58. The molecule has 2 aromatic rings. The maximum absolute atomic E-state index is 12.6. The van der Waals surface area contributed by atoms with Crippen molar-refractivity contribution in [1.82, 2.24) is 0 Å². The number of hydrogen-bond donors (Lipinski definition) is 0. The number of rotatable bonds is 3. The Bertz CT molecular complexity index is 722. The average molecular weight is 275 g/mol. The predicted octanol–water partition coefficient (Wildman–Crippen LogP) is 3.97. The normalized spacial score (nSPS) is 14.3. The molecule has 1 aliphatic rings. The fourth-order valence-electron chi connectivity index (χ4n) is 2.94. The Labute approximate surface area is 125 Å². The third-order valence-corrected chi connectivity index (χ3v) is 4.18. The third kappa shape index (κ3) is 2.60. The van der Waals surface area contributed by atoms with Crippen molar-refractivity contribution in [2.75, 3.05) is 0 Å². The third-order valence-electron chi connectivity index (χ3n) is 4.18. The van der Waals surface area contributed by atoms with Crippen molar-refractivity contribution in [2.24, 2.45) is 0 Å². The van der Waals surface area contributed by atoms with E-state index in [2.05, 4.69) is 6.07 Å². The van der Waals surface area contributed by atoms with Crippen LogP contribution in [-0.4, -0.2) is 5.78 Å². The standard InChI is InChI=1S/C19H17NO/c1-13-5-7-15(8-6-13)18(12-20)19(21)17-10-9-14-3-2-4-16(14)11-17/h5-11,18H,2-4H2,1H3. The van der Waals surface area contributed by atoms with Crippen molar-refractivity contribution in [3.05, 3.63) is 70.3 Å².